The summed E-state index contributed by atoms with van der Waals surface area (Å²) in [5.74, 6) is 2.28. The summed E-state index contributed by atoms with van der Waals surface area (Å²) in [5.41, 5.74) is 1.49. The summed E-state index contributed by atoms with van der Waals surface area (Å²) < 4.78 is 7.28. The fourth-order valence-corrected chi connectivity index (χ4v) is 4.17. The van der Waals surface area contributed by atoms with E-state index in [0.29, 0.717) is 5.76 Å². The Morgan fingerprint density at radius 2 is 2.25 bits per heavy atom. The summed E-state index contributed by atoms with van der Waals surface area (Å²) in [6.45, 7) is 0. The van der Waals surface area contributed by atoms with Gasteiger partial charge in [-0.25, -0.2) is 4.98 Å². The van der Waals surface area contributed by atoms with Crippen LogP contribution in [0.2, 0.25) is 0 Å². The molecule has 0 aromatic carbocycles. The second kappa shape index (κ2) is 8.57. The molecule has 1 atom stereocenters. The summed E-state index contributed by atoms with van der Waals surface area (Å²) in [5, 5.41) is 14.3. The predicted octanol–water partition coefficient (Wildman–Crippen LogP) is 3.60. The minimum absolute atomic E-state index is 0.0879. The first-order valence-electron chi connectivity index (χ1n) is 8.81. The number of hydrogen-bond donors (Lipinski definition) is 1. The van der Waals surface area contributed by atoms with Gasteiger partial charge in [0.05, 0.1) is 24.4 Å². The Hall–Kier alpha value is -2.65. The van der Waals surface area contributed by atoms with Crippen molar-refractivity contribution in [2.24, 2.45) is 0 Å². The molecule has 1 amide bonds. The van der Waals surface area contributed by atoms with E-state index >= 15 is 0 Å². The number of thiazole rings is 1. The van der Waals surface area contributed by atoms with Crippen molar-refractivity contribution in [1.29, 1.82) is 0 Å². The number of nitrogens with one attached hydrogen (secondary N) is 1. The smallest absolute Gasteiger partial charge is 0.226 e. The van der Waals surface area contributed by atoms with Gasteiger partial charge in [0.1, 0.15) is 0 Å². The molecule has 1 unspecified atom stereocenters. The largest absolute Gasteiger partial charge is 0.462 e. The zero-order chi connectivity index (χ0) is 19.3. The van der Waals surface area contributed by atoms with Gasteiger partial charge in [-0.2, -0.15) is 11.8 Å². The van der Waals surface area contributed by atoms with Gasteiger partial charge in [0, 0.05) is 11.6 Å². The Kier molecular flexibility index (Phi) is 5.73. The molecule has 144 valence electrons. The number of carbonyl (C=O) groups is 1. The van der Waals surface area contributed by atoms with Crippen molar-refractivity contribution in [3.8, 4) is 10.8 Å². The van der Waals surface area contributed by atoms with Crippen LogP contribution < -0.4 is 5.32 Å². The Morgan fingerprint density at radius 3 is 3.07 bits per heavy atom. The summed E-state index contributed by atoms with van der Waals surface area (Å²) >= 11 is 3.20. The van der Waals surface area contributed by atoms with Crippen LogP contribution >= 0.6 is 23.1 Å². The van der Waals surface area contributed by atoms with Crippen LogP contribution in [0.5, 0.6) is 0 Å². The maximum absolute atomic E-state index is 12.7. The van der Waals surface area contributed by atoms with Crippen molar-refractivity contribution in [2.75, 3.05) is 12.0 Å². The van der Waals surface area contributed by atoms with Crippen LogP contribution in [-0.4, -0.2) is 37.5 Å². The van der Waals surface area contributed by atoms with E-state index < -0.39 is 0 Å². The second-order valence-corrected chi connectivity index (χ2v) is 8.03. The number of furan rings is 1. The monoisotopic (exact) mass is 413 g/mol. The third kappa shape index (κ3) is 4.10. The van der Waals surface area contributed by atoms with E-state index in [1.54, 1.807) is 18.0 Å². The molecule has 0 aliphatic carbocycles. The fraction of sp³-hybridized carbons (Fsp3) is 0.263. The SMILES string of the molecule is CSCCC(NC(=O)Cc1csc(-c2ccco2)n1)c1nnc2ccccn12. The maximum atomic E-state index is 12.7. The van der Waals surface area contributed by atoms with Gasteiger partial charge in [0.15, 0.2) is 22.2 Å². The third-order valence-corrected chi connectivity index (χ3v) is 5.77. The van der Waals surface area contributed by atoms with Crippen molar-refractivity contribution in [1.82, 2.24) is 24.9 Å². The summed E-state index contributed by atoms with van der Waals surface area (Å²) in [4.78, 5) is 17.2. The van der Waals surface area contributed by atoms with Gasteiger partial charge in [0.2, 0.25) is 5.91 Å². The molecule has 0 radical (unpaired) electrons. The molecule has 0 spiro atoms. The molecule has 9 heteroatoms. The van der Waals surface area contributed by atoms with Crippen molar-refractivity contribution in [2.45, 2.75) is 18.9 Å². The lowest BCUT2D eigenvalue weighted by molar-refractivity contribution is -0.121. The van der Waals surface area contributed by atoms with Crippen LogP contribution in [0, 0.1) is 0 Å². The summed E-state index contributed by atoms with van der Waals surface area (Å²) in [7, 11) is 0. The molecule has 4 rings (SSSR count). The molecule has 28 heavy (non-hydrogen) atoms. The van der Waals surface area contributed by atoms with Gasteiger partial charge in [-0.05, 0) is 42.7 Å². The number of aromatic nitrogens is 4. The van der Waals surface area contributed by atoms with Crippen molar-refractivity contribution < 1.29 is 9.21 Å². The first-order chi connectivity index (χ1) is 13.7. The lowest BCUT2D eigenvalue weighted by atomic mass is 10.2. The van der Waals surface area contributed by atoms with Crippen LogP contribution in [0.3, 0.4) is 0 Å². The van der Waals surface area contributed by atoms with E-state index in [0.717, 1.165) is 34.3 Å². The van der Waals surface area contributed by atoms with Crippen molar-refractivity contribution >= 4 is 34.7 Å². The fourth-order valence-electron chi connectivity index (χ4n) is 2.91. The number of amides is 1. The Balaban J connectivity index is 1.48. The zero-order valence-electron chi connectivity index (χ0n) is 15.2. The third-order valence-electron chi connectivity index (χ3n) is 4.22. The standard InChI is InChI=1S/C19H19N5O2S2/c1-27-10-7-14(18-23-22-16-6-2-3-8-24(16)18)21-17(25)11-13-12-28-19(20-13)15-5-4-9-26-15/h2-6,8-9,12,14H,7,10-11H2,1H3,(H,21,25). The molecule has 4 aromatic rings. The zero-order valence-corrected chi connectivity index (χ0v) is 16.9. The molecule has 4 aromatic heterocycles. The molecular weight excluding hydrogens is 394 g/mol. The lowest BCUT2D eigenvalue weighted by Crippen LogP contribution is -2.31. The van der Waals surface area contributed by atoms with E-state index in [1.807, 2.05) is 52.6 Å². The second-order valence-electron chi connectivity index (χ2n) is 6.19. The molecule has 7 nitrogen and oxygen atoms in total. The van der Waals surface area contributed by atoms with Gasteiger partial charge in [-0.3, -0.25) is 9.20 Å². The Bertz CT molecular complexity index is 1060. The summed E-state index contributed by atoms with van der Waals surface area (Å²) in [6.07, 6.45) is 6.56. The highest BCUT2D eigenvalue weighted by Crippen LogP contribution is 2.24. The minimum atomic E-state index is -0.208. The predicted molar refractivity (Wildman–Crippen MR) is 110 cm³/mol. The van der Waals surface area contributed by atoms with Gasteiger partial charge in [0.25, 0.3) is 0 Å². The van der Waals surface area contributed by atoms with E-state index in [-0.39, 0.29) is 18.4 Å². The first-order valence-corrected chi connectivity index (χ1v) is 11.1. The van der Waals surface area contributed by atoms with Crippen molar-refractivity contribution in [3.05, 3.63) is 59.7 Å². The average molecular weight is 414 g/mol. The highest BCUT2D eigenvalue weighted by Gasteiger charge is 2.21. The summed E-state index contributed by atoms with van der Waals surface area (Å²) in [6, 6.07) is 9.22. The highest BCUT2D eigenvalue weighted by molar-refractivity contribution is 7.98. The molecule has 4 heterocycles. The number of nitrogens with zero attached hydrogens (tertiary/aromatic N) is 4. The highest BCUT2D eigenvalue weighted by atomic mass is 32.2. The van der Waals surface area contributed by atoms with Gasteiger partial charge in [-0.1, -0.05) is 6.07 Å². The topological polar surface area (TPSA) is 85.3 Å². The number of fused-ring (bicyclic) bond motifs is 1. The molecule has 0 saturated carbocycles. The van der Waals surface area contributed by atoms with Crippen molar-refractivity contribution in [3.63, 3.8) is 0 Å². The van der Waals surface area contributed by atoms with Gasteiger partial charge < -0.3 is 9.73 Å². The first kappa shape index (κ1) is 18.7. The molecule has 0 bridgehead atoms. The van der Waals surface area contributed by atoms with Crippen LogP contribution in [0.15, 0.2) is 52.6 Å². The number of pyridine rings is 1. The molecular formula is C19H19N5O2S2. The number of rotatable bonds is 8. The number of carbonyl (C=O) groups excluding carboxylic acids is 1. The molecule has 0 aliphatic rings. The van der Waals surface area contributed by atoms with Gasteiger partial charge in [-0.15, -0.1) is 21.5 Å². The van der Waals surface area contributed by atoms with Crippen LogP contribution in [-0.2, 0) is 11.2 Å². The molecule has 0 saturated heterocycles. The van der Waals surface area contributed by atoms with E-state index in [1.165, 1.54) is 11.3 Å². The minimum Gasteiger partial charge on any atom is -0.462 e. The normalized spacial score (nSPS) is 12.3. The van der Waals surface area contributed by atoms with E-state index in [4.69, 9.17) is 4.42 Å². The van der Waals surface area contributed by atoms with Crippen LogP contribution in [0.25, 0.3) is 16.4 Å². The number of thioether (sulfide) groups is 1. The Morgan fingerprint density at radius 1 is 1.32 bits per heavy atom. The van der Waals surface area contributed by atoms with E-state index in [9.17, 15) is 4.79 Å². The quantitative estimate of drug-likeness (QED) is 0.475. The lowest BCUT2D eigenvalue weighted by Gasteiger charge is -2.16. The molecule has 1 N–H and O–H groups in total. The van der Waals surface area contributed by atoms with Crippen LogP contribution in [0.1, 0.15) is 24.0 Å². The van der Waals surface area contributed by atoms with Gasteiger partial charge >= 0.3 is 0 Å². The molecule has 0 fully saturated rings. The Labute approximate surface area is 170 Å². The maximum Gasteiger partial charge on any atom is 0.226 e. The number of hydrogen-bond acceptors (Lipinski definition) is 7. The van der Waals surface area contributed by atoms with E-state index in [2.05, 4.69) is 20.5 Å². The molecule has 0 aliphatic heterocycles. The van der Waals surface area contributed by atoms with Crippen LogP contribution in [0.4, 0.5) is 0 Å². The average Bonchev–Trinajstić information content (AvgIpc) is 3.44.